The van der Waals surface area contributed by atoms with Crippen molar-refractivity contribution in [3.05, 3.63) is 40.6 Å². The number of halogens is 5. The number of ether oxygens (including phenoxy) is 1. The molecule has 1 fully saturated rings. The number of fused-ring (bicyclic) bond motifs is 1. The number of alkyl halides is 4. The molecule has 32 heavy (non-hydrogen) atoms. The third kappa shape index (κ3) is 5.06. The van der Waals surface area contributed by atoms with E-state index in [1.165, 1.54) is 12.5 Å². The fraction of sp³-hybridized carbons (Fsp3) is 0.400. The largest absolute Gasteiger partial charge is 0.461 e. The minimum Gasteiger partial charge on any atom is -0.428 e. The first-order valence-electron chi connectivity index (χ1n) is 9.85. The summed E-state index contributed by atoms with van der Waals surface area (Å²) in [6, 6.07) is 5.45. The number of benzene rings is 1. The van der Waals surface area contributed by atoms with Gasteiger partial charge in [-0.15, -0.1) is 0 Å². The molecule has 1 N–H and O–H groups in total. The standard InChI is InChI=1S/C20H19BrF4N4O2S/c21-14-10-26-12(8-17(14)29-6-2-1-3-7-29)11-32(30)19-27-15-5-4-13(9-16(15)28-19)31-20(24,25)18(22)23/h4-5,8-10,18H,1-3,6-7,11H2,(H,27,28). The predicted molar refractivity (Wildman–Crippen MR) is 116 cm³/mol. The van der Waals surface area contributed by atoms with Crippen molar-refractivity contribution in [3.63, 3.8) is 0 Å². The SMILES string of the molecule is O=S(Cc1cc(N2CCCCC2)c(Br)cn1)c1nc2ccc(OC(F)(F)C(F)F)cc2[nH]1. The maximum Gasteiger partial charge on any atom is 0.461 e. The second kappa shape index (κ2) is 9.34. The Labute approximate surface area is 192 Å². The Morgan fingerprint density at radius 3 is 2.69 bits per heavy atom. The van der Waals surface area contributed by atoms with Gasteiger partial charge in [0.05, 0.1) is 43.4 Å². The zero-order valence-corrected chi connectivity index (χ0v) is 19.1. The van der Waals surface area contributed by atoms with Crippen LogP contribution in [0.5, 0.6) is 5.75 Å². The van der Waals surface area contributed by atoms with Crippen molar-refractivity contribution in [3.8, 4) is 5.75 Å². The molecule has 0 spiro atoms. The summed E-state index contributed by atoms with van der Waals surface area (Å²) in [5, 5.41) is 0.127. The molecule has 0 radical (unpaired) electrons. The number of imidazole rings is 1. The van der Waals surface area contributed by atoms with Gasteiger partial charge in [0.15, 0.2) is 5.16 Å². The van der Waals surface area contributed by atoms with Crippen LogP contribution in [0.25, 0.3) is 11.0 Å². The number of hydrogen-bond donors (Lipinski definition) is 1. The number of nitrogens with one attached hydrogen (secondary N) is 1. The topological polar surface area (TPSA) is 71.1 Å². The Balaban J connectivity index is 1.51. The van der Waals surface area contributed by atoms with Gasteiger partial charge in [-0.25, -0.2) is 4.98 Å². The van der Waals surface area contributed by atoms with Gasteiger partial charge >= 0.3 is 12.5 Å². The number of nitrogens with zero attached hydrogens (tertiary/aromatic N) is 3. The first-order valence-corrected chi connectivity index (χ1v) is 12.0. The summed E-state index contributed by atoms with van der Waals surface area (Å²) >= 11 is 3.53. The lowest BCUT2D eigenvalue weighted by atomic mass is 10.1. The highest BCUT2D eigenvalue weighted by Gasteiger charge is 2.44. The molecule has 0 amide bonds. The molecule has 0 aliphatic carbocycles. The Hall–Kier alpha value is -2.21. The van der Waals surface area contributed by atoms with Crippen LogP contribution in [0.1, 0.15) is 25.0 Å². The average Bonchev–Trinajstić information content (AvgIpc) is 3.19. The molecule has 1 atom stereocenters. The van der Waals surface area contributed by atoms with Gasteiger partial charge in [0.2, 0.25) is 0 Å². The van der Waals surface area contributed by atoms with E-state index in [-0.39, 0.29) is 16.4 Å². The van der Waals surface area contributed by atoms with Crippen molar-refractivity contribution in [1.29, 1.82) is 0 Å². The second-order valence-corrected chi connectivity index (χ2v) is 9.57. The van der Waals surface area contributed by atoms with Crippen LogP contribution >= 0.6 is 15.9 Å². The Morgan fingerprint density at radius 2 is 1.97 bits per heavy atom. The van der Waals surface area contributed by atoms with Gasteiger partial charge in [-0.05, 0) is 53.4 Å². The van der Waals surface area contributed by atoms with Gasteiger partial charge in [-0.3, -0.25) is 9.19 Å². The van der Waals surface area contributed by atoms with E-state index in [4.69, 9.17) is 0 Å². The lowest BCUT2D eigenvalue weighted by Gasteiger charge is -2.29. The molecule has 3 heterocycles. The van der Waals surface area contributed by atoms with Gasteiger partial charge in [0.25, 0.3) is 0 Å². The van der Waals surface area contributed by atoms with Crippen molar-refractivity contribution >= 4 is 43.5 Å². The van der Waals surface area contributed by atoms with Crippen molar-refractivity contribution in [2.75, 3.05) is 18.0 Å². The maximum atomic E-state index is 13.1. The molecule has 12 heteroatoms. The van der Waals surface area contributed by atoms with E-state index in [0.717, 1.165) is 48.2 Å². The summed E-state index contributed by atoms with van der Waals surface area (Å²) in [5.74, 6) is -0.356. The summed E-state index contributed by atoms with van der Waals surface area (Å²) < 4.78 is 68.8. The molecule has 6 nitrogen and oxygen atoms in total. The van der Waals surface area contributed by atoms with Gasteiger partial charge in [-0.1, -0.05) is 0 Å². The van der Waals surface area contributed by atoms with Crippen molar-refractivity contribution in [1.82, 2.24) is 15.0 Å². The Bertz CT molecular complexity index is 1140. The molecule has 1 aliphatic heterocycles. The quantitative estimate of drug-likeness (QED) is 0.419. The molecule has 1 saturated heterocycles. The molecule has 0 saturated carbocycles. The van der Waals surface area contributed by atoms with Crippen LogP contribution in [0.15, 0.2) is 40.1 Å². The third-order valence-corrected chi connectivity index (χ3v) is 6.82. The molecule has 172 valence electrons. The monoisotopic (exact) mass is 534 g/mol. The van der Waals surface area contributed by atoms with Gasteiger partial charge in [0, 0.05) is 25.4 Å². The summed E-state index contributed by atoms with van der Waals surface area (Å²) in [5.41, 5.74) is 2.21. The van der Waals surface area contributed by atoms with Crippen LogP contribution in [-0.2, 0) is 16.6 Å². The number of H-pyrrole nitrogens is 1. The molecule has 1 aliphatic rings. The third-order valence-electron chi connectivity index (χ3n) is 5.02. The minimum atomic E-state index is -4.61. The van der Waals surface area contributed by atoms with Gasteiger partial charge in [0.1, 0.15) is 5.75 Å². The minimum absolute atomic E-state index is 0.0980. The molecule has 0 bridgehead atoms. The summed E-state index contributed by atoms with van der Waals surface area (Å²) in [6.07, 6.45) is -3.46. The van der Waals surface area contributed by atoms with Crippen LogP contribution in [-0.4, -0.2) is 44.8 Å². The highest BCUT2D eigenvalue weighted by atomic mass is 79.9. The van der Waals surface area contributed by atoms with E-state index < -0.39 is 29.1 Å². The van der Waals surface area contributed by atoms with E-state index in [9.17, 15) is 21.8 Å². The van der Waals surface area contributed by atoms with Crippen molar-refractivity contribution in [2.45, 2.75) is 42.7 Å². The second-order valence-electron chi connectivity index (χ2n) is 7.35. The van der Waals surface area contributed by atoms with E-state index in [0.29, 0.717) is 11.2 Å². The van der Waals surface area contributed by atoms with Crippen LogP contribution < -0.4 is 9.64 Å². The summed E-state index contributed by atoms with van der Waals surface area (Å²) in [7, 11) is -1.59. The smallest absolute Gasteiger partial charge is 0.428 e. The number of anilines is 1. The number of piperidine rings is 1. The first kappa shape index (κ1) is 23.0. The number of hydrogen-bond acceptors (Lipinski definition) is 5. The van der Waals surface area contributed by atoms with E-state index in [1.54, 1.807) is 6.20 Å². The molecule has 4 rings (SSSR count). The molecular formula is C20H19BrF4N4O2S. The fourth-order valence-corrected chi connectivity index (χ4v) is 4.92. The number of pyridine rings is 1. The molecule has 1 unspecified atom stereocenters. The van der Waals surface area contributed by atoms with Crippen molar-refractivity contribution < 1.29 is 26.5 Å². The van der Waals surface area contributed by atoms with Crippen LogP contribution in [0.2, 0.25) is 0 Å². The predicted octanol–water partition coefficient (Wildman–Crippen LogP) is 5.26. The molecule has 2 aromatic heterocycles. The number of aromatic nitrogens is 3. The van der Waals surface area contributed by atoms with Gasteiger partial charge in [-0.2, -0.15) is 17.6 Å². The van der Waals surface area contributed by atoms with E-state index in [2.05, 4.69) is 40.5 Å². The van der Waals surface area contributed by atoms with E-state index in [1.807, 2.05) is 6.07 Å². The lowest BCUT2D eigenvalue weighted by molar-refractivity contribution is -0.253. The Kier molecular flexibility index (Phi) is 6.70. The zero-order chi connectivity index (χ0) is 22.9. The zero-order valence-electron chi connectivity index (χ0n) is 16.7. The normalized spacial score (nSPS) is 16.0. The van der Waals surface area contributed by atoms with Crippen molar-refractivity contribution in [2.24, 2.45) is 0 Å². The maximum absolute atomic E-state index is 13.1. The number of aromatic amines is 1. The highest BCUT2D eigenvalue weighted by Crippen LogP contribution is 2.31. The molecule has 3 aromatic rings. The molecule has 1 aromatic carbocycles. The molecular weight excluding hydrogens is 516 g/mol. The van der Waals surface area contributed by atoms with Gasteiger partial charge < -0.3 is 14.6 Å². The summed E-state index contributed by atoms with van der Waals surface area (Å²) in [4.78, 5) is 13.6. The van der Waals surface area contributed by atoms with Crippen LogP contribution in [0, 0.1) is 0 Å². The first-order chi connectivity index (χ1) is 15.2. The number of rotatable bonds is 7. The highest BCUT2D eigenvalue weighted by molar-refractivity contribution is 9.10. The van der Waals surface area contributed by atoms with Crippen LogP contribution in [0.4, 0.5) is 23.2 Å². The van der Waals surface area contributed by atoms with Crippen LogP contribution in [0.3, 0.4) is 0 Å². The Morgan fingerprint density at radius 1 is 1.22 bits per heavy atom. The van der Waals surface area contributed by atoms with E-state index >= 15 is 0 Å². The average molecular weight is 535 g/mol. The fourth-order valence-electron chi connectivity index (χ4n) is 3.47. The lowest BCUT2D eigenvalue weighted by Crippen LogP contribution is -2.33. The summed E-state index contributed by atoms with van der Waals surface area (Å²) in [6.45, 7) is 1.90.